The SMILES string of the molecule is CCn1ncc(C=c2sc3n(c2=O)C2c4ccccc4OC(C)(N=3)C2C(=O)OC)c1C. The number of methoxy groups -OCH3 is 1. The summed E-state index contributed by atoms with van der Waals surface area (Å²) in [6.07, 6.45) is 3.60. The highest BCUT2D eigenvalue weighted by atomic mass is 32.1. The van der Waals surface area contributed by atoms with Gasteiger partial charge in [-0.1, -0.05) is 29.5 Å². The van der Waals surface area contributed by atoms with Crippen LogP contribution >= 0.6 is 11.3 Å². The highest BCUT2D eigenvalue weighted by Gasteiger charge is 2.55. The van der Waals surface area contributed by atoms with E-state index >= 15 is 0 Å². The number of thiazole rings is 1. The number of hydrogen-bond donors (Lipinski definition) is 0. The molecule has 0 saturated heterocycles. The lowest BCUT2D eigenvalue weighted by atomic mass is 9.81. The van der Waals surface area contributed by atoms with Gasteiger partial charge in [-0.15, -0.1) is 0 Å². The first-order valence-electron chi connectivity index (χ1n) is 10.1. The molecule has 160 valence electrons. The minimum Gasteiger partial charge on any atom is -0.469 e. The van der Waals surface area contributed by atoms with Gasteiger partial charge in [-0.2, -0.15) is 5.10 Å². The number of aromatic nitrogens is 3. The predicted octanol–water partition coefficient (Wildman–Crippen LogP) is 1.38. The standard InChI is InChI=1S/C22H22N4O4S/c1-5-25-12(2)13(11-23-25)10-16-19(27)26-18-14-8-6-7-9-15(14)30-22(3,24-21(26)31-16)17(18)20(28)29-4/h6-11,17-18H,5H2,1-4H3. The van der Waals surface area contributed by atoms with E-state index in [4.69, 9.17) is 14.5 Å². The molecule has 0 amide bonds. The summed E-state index contributed by atoms with van der Waals surface area (Å²) in [7, 11) is 1.34. The molecule has 3 aromatic rings. The zero-order valence-electron chi connectivity index (χ0n) is 17.7. The van der Waals surface area contributed by atoms with Gasteiger partial charge in [0.05, 0.1) is 23.9 Å². The van der Waals surface area contributed by atoms with E-state index in [1.54, 1.807) is 17.7 Å². The van der Waals surface area contributed by atoms with Crippen LogP contribution in [0.1, 0.15) is 36.7 Å². The van der Waals surface area contributed by atoms with Gasteiger partial charge in [0.2, 0.25) is 5.72 Å². The molecule has 3 atom stereocenters. The van der Waals surface area contributed by atoms with Gasteiger partial charge in [-0.3, -0.25) is 18.8 Å². The van der Waals surface area contributed by atoms with Gasteiger partial charge in [0.1, 0.15) is 11.7 Å². The highest BCUT2D eigenvalue weighted by molar-refractivity contribution is 7.07. The van der Waals surface area contributed by atoms with Gasteiger partial charge in [-0.25, -0.2) is 4.99 Å². The summed E-state index contributed by atoms with van der Waals surface area (Å²) in [5.41, 5.74) is 1.29. The minimum atomic E-state index is -1.16. The van der Waals surface area contributed by atoms with Gasteiger partial charge in [0.25, 0.3) is 5.56 Å². The van der Waals surface area contributed by atoms with Crippen molar-refractivity contribution in [3.8, 4) is 5.75 Å². The van der Waals surface area contributed by atoms with Gasteiger partial charge in [0.15, 0.2) is 4.80 Å². The molecule has 2 bridgehead atoms. The van der Waals surface area contributed by atoms with E-state index in [9.17, 15) is 9.59 Å². The van der Waals surface area contributed by atoms with E-state index in [0.717, 1.165) is 23.4 Å². The van der Waals surface area contributed by atoms with Gasteiger partial charge in [0, 0.05) is 23.4 Å². The Balaban J connectivity index is 1.78. The zero-order valence-corrected chi connectivity index (χ0v) is 18.5. The summed E-state index contributed by atoms with van der Waals surface area (Å²) >= 11 is 1.29. The zero-order chi connectivity index (χ0) is 21.9. The van der Waals surface area contributed by atoms with Crippen LogP contribution in [-0.4, -0.2) is 33.2 Å². The fourth-order valence-corrected chi connectivity index (χ4v) is 5.58. The average Bonchev–Trinajstić information content (AvgIpc) is 3.25. The molecule has 31 heavy (non-hydrogen) atoms. The van der Waals surface area contributed by atoms with Gasteiger partial charge >= 0.3 is 5.97 Å². The van der Waals surface area contributed by atoms with E-state index in [-0.39, 0.29) is 5.56 Å². The fourth-order valence-electron chi connectivity index (χ4n) is 4.49. The van der Waals surface area contributed by atoms with Crippen LogP contribution in [0.25, 0.3) is 6.08 Å². The van der Waals surface area contributed by atoms with Crippen molar-refractivity contribution in [2.75, 3.05) is 7.11 Å². The fraction of sp³-hybridized carbons (Fsp3) is 0.364. The van der Waals surface area contributed by atoms with Crippen LogP contribution in [-0.2, 0) is 16.1 Å². The van der Waals surface area contributed by atoms with Crippen LogP contribution in [0.3, 0.4) is 0 Å². The minimum absolute atomic E-state index is 0.190. The number of para-hydroxylation sites is 1. The number of nitrogens with zero attached hydrogens (tertiary/aromatic N) is 4. The lowest BCUT2D eigenvalue weighted by Gasteiger charge is -2.44. The van der Waals surface area contributed by atoms with Gasteiger partial charge < -0.3 is 9.47 Å². The monoisotopic (exact) mass is 438 g/mol. The van der Waals surface area contributed by atoms with E-state index in [2.05, 4.69) is 5.10 Å². The Hall–Kier alpha value is -3.20. The summed E-state index contributed by atoms with van der Waals surface area (Å²) in [6, 6.07) is 6.90. The third kappa shape index (κ3) is 2.79. The maximum Gasteiger partial charge on any atom is 0.317 e. The molecular weight excluding hydrogens is 416 g/mol. The third-order valence-corrected chi connectivity index (χ3v) is 7.05. The molecule has 2 aliphatic rings. The Morgan fingerprint density at radius 1 is 1.39 bits per heavy atom. The lowest BCUT2D eigenvalue weighted by Crippen LogP contribution is -2.58. The number of benzene rings is 1. The summed E-state index contributed by atoms with van der Waals surface area (Å²) in [6.45, 7) is 6.52. The Kier molecular flexibility index (Phi) is 4.40. The van der Waals surface area contributed by atoms with Crippen molar-refractivity contribution in [3.05, 3.63) is 67.0 Å². The number of rotatable bonds is 3. The average molecular weight is 439 g/mol. The molecule has 4 heterocycles. The first-order chi connectivity index (χ1) is 14.9. The molecule has 0 N–H and O–H groups in total. The summed E-state index contributed by atoms with van der Waals surface area (Å²) in [5, 5.41) is 4.36. The predicted molar refractivity (Wildman–Crippen MR) is 115 cm³/mol. The number of carbonyl (C=O) groups excluding carboxylic acids is 1. The molecule has 0 fully saturated rings. The maximum absolute atomic E-state index is 13.5. The van der Waals surface area contributed by atoms with Crippen molar-refractivity contribution in [1.29, 1.82) is 0 Å². The maximum atomic E-state index is 13.5. The summed E-state index contributed by atoms with van der Waals surface area (Å²) < 4.78 is 15.3. The highest BCUT2D eigenvalue weighted by Crippen LogP contribution is 2.47. The second-order valence-electron chi connectivity index (χ2n) is 7.82. The van der Waals surface area contributed by atoms with E-state index in [1.165, 1.54) is 18.4 Å². The Labute approximate surface area is 182 Å². The molecule has 8 nitrogen and oxygen atoms in total. The smallest absolute Gasteiger partial charge is 0.317 e. The van der Waals surface area contributed by atoms with Gasteiger partial charge in [-0.05, 0) is 32.9 Å². The van der Waals surface area contributed by atoms with Crippen LogP contribution in [0.4, 0.5) is 0 Å². The normalized spacial score (nSPS) is 24.1. The van der Waals surface area contributed by atoms with Crippen LogP contribution < -0.4 is 19.6 Å². The lowest BCUT2D eigenvalue weighted by molar-refractivity contribution is -0.158. The van der Waals surface area contributed by atoms with Crippen molar-refractivity contribution in [2.24, 2.45) is 10.9 Å². The van der Waals surface area contributed by atoms with E-state index < -0.39 is 23.7 Å². The number of esters is 1. The molecular formula is C22H22N4O4S. The molecule has 1 aromatic carbocycles. The van der Waals surface area contributed by atoms with E-state index in [1.807, 2.05) is 48.9 Å². The van der Waals surface area contributed by atoms with Crippen molar-refractivity contribution in [1.82, 2.24) is 14.3 Å². The van der Waals surface area contributed by atoms with Crippen LogP contribution in [0, 0.1) is 12.8 Å². The largest absolute Gasteiger partial charge is 0.469 e. The number of fused-ring (bicyclic) bond motifs is 6. The van der Waals surface area contributed by atoms with E-state index in [0.29, 0.717) is 15.1 Å². The third-order valence-electron chi connectivity index (χ3n) is 6.06. The molecule has 0 radical (unpaired) electrons. The van der Waals surface area contributed by atoms with Crippen LogP contribution in [0.15, 0.2) is 40.2 Å². The first-order valence-corrected chi connectivity index (χ1v) is 10.9. The molecule has 5 rings (SSSR count). The second kappa shape index (κ2) is 6.91. The Morgan fingerprint density at radius 3 is 2.87 bits per heavy atom. The summed E-state index contributed by atoms with van der Waals surface area (Å²) in [4.78, 5) is 31.6. The molecule has 3 unspecified atom stereocenters. The first kappa shape index (κ1) is 19.7. The van der Waals surface area contributed by atoms with Crippen LogP contribution in [0.2, 0.25) is 0 Å². The molecule has 9 heteroatoms. The van der Waals surface area contributed by atoms with Crippen molar-refractivity contribution in [3.63, 3.8) is 0 Å². The molecule has 0 spiro atoms. The number of hydrogen-bond acceptors (Lipinski definition) is 7. The molecule has 2 aromatic heterocycles. The number of ether oxygens (including phenoxy) is 2. The Morgan fingerprint density at radius 2 is 2.16 bits per heavy atom. The topological polar surface area (TPSA) is 87.7 Å². The quantitative estimate of drug-likeness (QED) is 0.577. The molecule has 0 aliphatic carbocycles. The molecule has 0 saturated carbocycles. The van der Waals surface area contributed by atoms with Crippen molar-refractivity contribution >= 4 is 23.4 Å². The second-order valence-corrected chi connectivity index (χ2v) is 8.83. The number of aryl methyl sites for hydroxylation is 1. The molecule has 2 aliphatic heterocycles. The van der Waals surface area contributed by atoms with Crippen LogP contribution in [0.5, 0.6) is 5.75 Å². The summed E-state index contributed by atoms with van der Waals surface area (Å²) in [5.74, 6) is -0.613. The van der Waals surface area contributed by atoms with Crippen molar-refractivity contribution < 1.29 is 14.3 Å². The number of carbonyl (C=O) groups is 1. The Bertz CT molecular complexity index is 1390. The van der Waals surface area contributed by atoms with Crippen molar-refractivity contribution in [2.45, 2.75) is 39.1 Å².